The maximum atomic E-state index is 6.08. The van der Waals surface area contributed by atoms with Crippen molar-refractivity contribution in [3.05, 3.63) is 22.2 Å². The van der Waals surface area contributed by atoms with Gasteiger partial charge in [-0.1, -0.05) is 0 Å². The first-order chi connectivity index (χ1) is 9.24. The van der Waals surface area contributed by atoms with Crippen molar-refractivity contribution in [1.29, 1.82) is 0 Å². The van der Waals surface area contributed by atoms with Gasteiger partial charge >= 0.3 is 0 Å². The molecule has 5 heteroatoms. The Bertz CT molecular complexity index is 419. The summed E-state index contributed by atoms with van der Waals surface area (Å²) in [5.41, 5.74) is 6.71. The predicted molar refractivity (Wildman–Crippen MR) is 77.7 cm³/mol. The summed E-state index contributed by atoms with van der Waals surface area (Å²) < 4.78 is 18.0. The summed E-state index contributed by atoms with van der Waals surface area (Å²) >= 11 is 3.54. The zero-order valence-corrected chi connectivity index (χ0v) is 12.7. The number of rotatable bonds is 5. The van der Waals surface area contributed by atoms with E-state index in [2.05, 4.69) is 15.9 Å². The molecule has 1 saturated heterocycles. The lowest BCUT2D eigenvalue weighted by molar-refractivity contribution is 0.0240. The first-order valence-electron chi connectivity index (χ1n) is 6.64. The van der Waals surface area contributed by atoms with Gasteiger partial charge in [-0.25, -0.2) is 0 Å². The molecular formula is C14H20BrNO3. The molecule has 0 bridgehead atoms. The molecule has 0 spiro atoms. The summed E-state index contributed by atoms with van der Waals surface area (Å²) in [5, 5.41) is 0. The van der Waals surface area contributed by atoms with Crippen LogP contribution in [0.1, 0.15) is 25.3 Å². The molecular weight excluding hydrogens is 310 g/mol. The van der Waals surface area contributed by atoms with Crippen LogP contribution in [0.25, 0.3) is 0 Å². The van der Waals surface area contributed by atoms with Crippen molar-refractivity contribution in [2.24, 2.45) is 5.73 Å². The molecule has 0 saturated carbocycles. The Labute approximate surface area is 122 Å². The van der Waals surface area contributed by atoms with E-state index >= 15 is 0 Å². The minimum atomic E-state index is 0.188. The van der Waals surface area contributed by atoms with Crippen LogP contribution < -0.4 is 15.2 Å². The van der Waals surface area contributed by atoms with Gasteiger partial charge in [0.2, 0.25) is 0 Å². The summed E-state index contributed by atoms with van der Waals surface area (Å²) in [4.78, 5) is 0. The molecule has 1 fully saturated rings. The first-order valence-corrected chi connectivity index (χ1v) is 7.43. The fourth-order valence-electron chi connectivity index (χ4n) is 2.08. The second-order valence-corrected chi connectivity index (χ2v) is 5.33. The molecule has 1 aromatic carbocycles. The van der Waals surface area contributed by atoms with Gasteiger partial charge in [-0.3, -0.25) is 0 Å². The van der Waals surface area contributed by atoms with Crippen LogP contribution in [0.15, 0.2) is 16.6 Å². The minimum Gasteiger partial charge on any atom is -0.490 e. The lowest BCUT2D eigenvalue weighted by Gasteiger charge is -2.25. The van der Waals surface area contributed by atoms with Gasteiger partial charge in [0, 0.05) is 19.4 Å². The molecule has 1 aromatic rings. The summed E-state index contributed by atoms with van der Waals surface area (Å²) in [6.07, 6.45) is 2.01. The molecule has 19 heavy (non-hydrogen) atoms. The monoisotopic (exact) mass is 329 g/mol. The first kappa shape index (κ1) is 14.6. The third-order valence-electron chi connectivity index (χ3n) is 3.06. The second-order valence-electron chi connectivity index (χ2n) is 4.47. The second kappa shape index (κ2) is 7.12. The van der Waals surface area contributed by atoms with E-state index in [4.69, 9.17) is 19.9 Å². The van der Waals surface area contributed by atoms with E-state index < -0.39 is 0 Å². The minimum absolute atomic E-state index is 0.188. The van der Waals surface area contributed by atoms with Crippen LogP contribution in [-0.4, -0.2) is 25.9 Å². The molecule has 4 nitrogen and oxygen atoms in total. The normalized spacial score (nSPS) is 16.4. The highest BCUT2D eigenvalue weighted by atomic mass is 79.9. The van der Waals surface area contributed by atoms with Gasteiger partial charge in [-0.05, 0) is 40.5 Å². The average molecular weight is 330 g/mol. The van der Waals surface area contributed by atoms with Crippen molar-refractivity contribution in [2.75, 3.05) is 19.8 Å². The van der Waals surface area contributed by atoms with E-state index in [1.807, 2.05) is 19.1 Å². The summed E-state index contributed by atoms with van der Waals surface area (Å²) in [6, 6.07) is 3.93. The van der Waals surface area contributed by atoms with Crippen molar-refractivity contribution in [3.8, 4) is 11.5 Å². The molecule has 0 radical (unpaired) electrons. The van der Waals surface area contributed by atoms with E-state index in [1.165, 1.54) is 0 Å². The van der Waals surface area contributed by atoms with Gasteiger partial charge in [0.25, 0.3) is 0 Å². The molecule has 0 atom stereocenters. The highest BCUT2D eigenvalue weighted by Gasteiger charge is 2.20. The highest BCUT2D eigenvalue weighted by Crippen LogP contribution is 2.38. The summed E-state index contributed by atoms with van der Waals surface area (Å²) in [6.45, 7) is 4.56. The Kier molecular flexibility index (Phi) is 5.48. The van der Waals surface area contributed by atoms with Crippen molar-refractivity contribution in [3.63, 3.8) is 0 Å². The maximum Gasteiger partial charge on any atom is 0.175 e. The van der Waals surface area contributed by atoms with E-state index in [9.17, 15) is 0 Å². The summed E-state index contributed by atoms with van der Waals surface area (Å²) in [7, 11) is 0. The molecule has 0 aliphatic carbocycles. The van der Waals surface area contributed by atoms with Crippen molar-refractivity contribution < 1.29 is 14.2 Å². The number of ether oxygens (including phenoxy) is 3. The SMILES string of the molecule is CCOc1cc(CN)cc(Br)c1OC1CCOCC1. The average Bonchev–Trinajstić information content (AvgIpc) is 2.43. The van der Waals surface area contributed by atoms with Crippen LogP contribution in [0.2, 0.25) is 0 Å². The van der Waals surface area contributed by atoms with Gasteiger partial charge in [-0.15, -0.1) is 0 Å². The van der Waals surface area contributed by atoms with Crippen LogP contribution >= 0.6 is 15.9 Å². The largest absolute Gasteiger partial charge is 0.490 e. The molecule has 1 aliphatic rings. The Hall–Kier alpha value is -0.780. The number of hydrogen-bond acceptors (Lipinski definition) is 4. The van der Waals surface area contributed by atoms with Gasteiger partial charge < -0.3 is 19.9 Å². The Morgan fingerprint density at radius 1 is 1.37 bits per heavy atom. The van der Waals surface area contributed by atoms with E-state index in [0.717, 1.165) is 47.6 Å². The van der Waals surface area contributed by atoms with Gasteiger partial charge in [0.1, 0.15) is 6.10 Å². The molecule has 0 aromatic heterocycles. The van der Waals surface area contributed by atoms with Crippen LogP contribution in [0.5, 0.6) is 11.5 Å². The third-order valence-corrected chi connectivity index (χ3v) is 3.65. The van der Waals surface area contributed by atoms with E-state index in [0.29, 0.717) is 13.2 Å². The number of hydrogen-bond donors (Lipinski definition) is 1. The van der Waals surface area contributed by atoms with Gasteiger partial charge in [-0.2, -0.15) is 0 Å². The van der Waals surface area contributed by atoms with Crippen LogP contribution in [0.3, 0.4) is 0 Å². The number of halogens is 1. The van der Waals surface area contributed by atoms with Crippen molar-refractivity contribution in [1.82, 2.24) is 0 Å². The Balaban J connectivity index is 2.20. The fraction of sp³-hybridized carbons (Fsp3) is 0.571. The quantitative estimate of drug-likeness (QED) is 0.902. The topological polar surface area (TPSA) is 53.7 Å². The standard InChI is InChI=1S/C14H20BrNO3/c1-2-18-13-8-10(9-16)7-12(15)14(13)19-11-3-5-17-6-4-11/h7-8,11H,2-6,9,16H2,1H3. The van der Waals surface area contributed by atoms with Crippen LogP contribution in [-0.2, 0) is 11.3 Å². The zero-order valence-electron chi connectivity index (χ0n) is 11.2. The maximum absolute atomic E-state index is 6.08. The van der Waals surface area contributed by atoms with Crippen LogP contribution in [0, 0.1) is 0 Å². The third kappa shape index (κ3) is 3.84. The smallest absolute Gasteiger partial charge is 0.175 e. The number of nitrogens with two attached hydrogens (primary N) is 1. The molecule has 0 amide bonds. The molecule has 106 valence electrons. The summed E-state index contributed by atoms with van der Waals surface area (Å²) in [5.74, 6) is 1.52. The van der Waals surface area contributed by atoms with E-state index in [1.54, 1.807) is 0 Å². The van der Waals surface area contributed by atoms with Crippen LogP contribution in [0.4, 0.5) is 0 Å². The fourth-order valence-corrected chi connectivity index (χ4v) is 2.66. The zero-order chi connectivity index (χ0) is 13.7. The Morgan fingerprint density at radius 3 is 2.74 bits per heavy atom. The molecule has 2 rings (SSSR count). The molecule has 0 unspecified atom stereocenters. The highest BCUT2D eigenvalue weighted by molar-refractivity contribution is 9.10. The molecule has 1 aliphatic heterocycles. The van der Waals surface area contributed by atoms with Crippen molar-refractivity contribution in [2.45, 2.75) is 32.4 Å². The van der Waals surface area contributed by atoms with Gasteiger partial charge in [0.05, 0.1) is 24.3 Å². The molecule has 1 heterocycles. The predicted octanol–water partition coefficient (Wildman–Crippen LogP) is 2.86. The van der Waals surface area contributed by atoms with Crippen molar-refractivity contribution >= 4 is 15.9 Å². The Morgan fingerprint density at radius 2 is 2.11 bits per heavy atom. The lowest BCUT2D eigenvalue weighted by atomic mass is 10.1. The van der Waals surface area contributed by atoms with E-state index in [-0.39, 0.29) is 6.10 Å². The number of benzene rings is 1. The van der Waals surface area contributed by atoms with Gasteiger partial charge in [0.15, 0.2) is 11.5 Å². The lowest BCUT2D eigenvalue weighted by Crippen LogP contribution is -2.26. The molecule has 2 N–H and O–H groups in total.